The van der Waals surface area contributed by atoms with Crippen LogP contribution in [0.5, 0.6) is 5.75 Å². The molecule has 6 heteroatoms. The lowest BCUT2D eigenvalue weighted by Crippen LogP contribution is -1.89. The Morgan fingerprint density at radius 3 is 2.53 bits per heavy atom. The molecule has 0 amide bonds. The maximum atomic E-state index is 9.64. The molecular weight excluding hydrogens is 262 g/mol. The van der Waals surface area contributed by atoms with E-state index in [0.717, 1.165) is 17.0 Å². The molecule has 0 unspecified atom stereocenters. The minimum atomic E-state index is 0.155. The maximum absolute atomic E-state index is 9.64. The fourth-order valence-electron chi connectivity index (χ4n) is 1.86. The van der Waals surface area contributed by atoms with Gasteiger partial charge in [0.15, 0.2) is 0 Å². The van der Waals surface area contributed by atoms with Gasteiger partial charge in [0.1, 0.15) is 10.6 Å². The molecule has 0 bridgehead atoms. The monoisotopic (exact) mass is 273 g/mol. The van der Waals surface area contributed by atoms with Crippen LogP contribution in [0.25, 0.3) is 22.2 Å². The van der Waals surface area contributed by atoms with Gasteiger partial charge in [-0.15, -0.1) is 11.3 Å². The lowest BCUT2D eigenvalue weighted by Gasteiger charge is -1.98. The summed E-state index contributed by atoms with van der Waals surface area (Å²) in [6.45, 7) is 3.84. The van der Waals surface area contributed by atoms with Crippen LogP contribution < -0.4 is 0 Å². The average Bonchev–Trinajstić information content (AvgIpc) is 2.95. The molecule has 0 saturated carbocycles. The van der Waals surface area contributed by atoms with Gasteiger partial charge in [0, 0.05) is 17.0 Å². The SMILES string of the molecule is Cc1cc(-c2noc(-c3sccc3O)n2)cc(C)n1. The van der Waals surface area contributed by atoms with Gasteiger partial charge in [-0.05, 0) is 37.4 Å². The highest BCUT2D eigenvalue weighted by Crippen LogP contribution is 2.34. The maximum Gasteiger partial charge on any atom is 0.272 e. The number of hydrogen-bond donors (Lipinski definition) is 1. The van der Waals surface area contributed by atoms with Crippen LogP contribution in [0, 0.1) is 13.8 Å². The Kier molecular flexibility index (Phi) is 2.79. The summed E-state index contributed by atoms with van der Waals surface area (Å²) in [5.41, 5.74) is 2.66. The number of pyridine rings is 1. The molecule has 3 rings (SSSR count). The number of aryl methyl sites for hydroxylation is 2. The van der Waals surface area contributed by atoms with Crippen LogP contribution in [0.3, 0.4) is 0 Å². The van der Waals surface area contributed by atoms with Crippen LogP contribution in [0.4, 0.5) is 0 Å². The lowest BCUT2D eigenvalue weighted by molar-refractivity contribution is 0.427. The van der Waals surface area contributed by atoms with E-state index in [1.807, 2.05) is 26.0 Å². The zero-order valence-corrected chi connectivity index (χ0v) is 11.2. The Balaban J connectivity index is 2.04. The van der Waals surface area contributed by atoms with Crippen LogP contribution in [-0.4, -0.2) is 20.2 Å². The summed E-state index contributed by atoms with van der Waals surface area (Å²) >= 11 is 1.36. The fraction of sp³-hybridized carbons (Fsp3) is 0.154. The second-order valence-electron chi connectivity index (χ2n) is 4.20. The highest BCUT2D eigenvalue weighted by atomic mass is 32.1. The third-order valence-corrected chi connectivity index (χ3v) is 3.50. The van der Waals surface area contributed by atoms with E-state index in [1.54, 1.807) is 11.4 Å². The summed E-state index contributed by atoms with van der Waals surface area (Å²) in [6, 6.07) is 5.40. The topological polar surface area (TPSA) is 72.0 Å². The largest absolute Gasteiger partial charge is 0.506 e. The van der Waals surface area contributed by atoms with Crippen molar-refractivity contribution in [1.82, 2.24) is 15.1 Å². The number of hydrogen-bond acceptors (Lipinski definition) is 6. The molecule has 19 heavy (non-hydrogen) atoms. The van der Waals surface area contributed by atoms with Crippen molar-refractivity contribution < 1.29 is 9.63 Å². The molecule has 0 atom stereocenters. The molecule has 5 nitrogen and oxygen atoms in total. The van der Waals surface area contributed by atoms with Gasteiger partial charge in [0.05, 0.1) is 0 Å². The summed E-state index contributed by atoms with van der Waals surface area (Å²) < 4.78 is 5.19. The first-order chi connectivity index (χ1) is 9.13. The van der Waals surface area contributed by atoms with Gasteiger partial charge >= 0.3 is 0 Å². The molecule has 0 aliphatic rings. The number of thiophene rings is 1. The Bertz CT molecular complexity index is 713. The van der Waals surface area contributed by atoms with E-state index < -0.39 is 0 Å². The number of rotatable bonds is 2. The van der Waals surface area contributed by atoms with Gasteiger partial charge in [0.2, 0.25) is 5.82 Å². The minimum Gasteiger partial charge on any atom is -0.506 e. The first kappa shape index (κ1) is 11.9. The Morgan fingerprint density at radius 1 is 1.16 bits per heavy atom. The van der Waals surface area contributed by atoms with Crippen LogP contribution in [-0.2, 0) is 0 Å². The quantitative estimate of drug-likeness (QED) is 0.776. The molecule has 0 aliphatic carbocycles. The van der Waals surface area contributed by atoms with Crippen LogP contribution in [0.2, 0.25) is 0 Å². The molecule has 3 aromatic heterocycles. The van der Waals surface area contributed by atoms with Crippen LogP contribution >= 0.6 is 11.3 Å². The second-order valence-corrected chi connectivity index (χ2v) is 5.11. The van der Waals surface area contributed by atoms with Crippen LogP contribution in [0.1, 0.15) is 11.4 Å². The van der Waals surface area contributed by atoms with Gasteiger partial charge in [0.25, 0.3) is 5.89 Å². The molecule has 1 N–H and O–H groups in total. The van der Waals surface area contributed by atoms with Crippen molar-refractivity contribution in [3.8, 4) is 27.9 Å². The molecule has 0 radical (unpaired) electrons. The van der Waals surface area contributed by atoms with E-state index in [0.29, 0.717) is 16.6 Å². The van der Waals surface area contributed by atoms with E-state index in [2.05, 4.69) is 15.1 Å². The van der Waals surface area contributed by atoms with Crippen molar-refractivity contribution in [1.29, 1.82) is 0 Å². The molecule has 0 fully saturated rings. The minimum absolute atomic E-state index is 0.155. The van der Waals surface area contributed by atoms with Crippen molar-refractivity contribution >= 4 is 11.3 Å². The molecule has 0 spiro atoms. The zero-order chi connectivity index (χ0) is 13.4. The van der Waals surface area contributed by atoms with E-state index in [4.69, 9.17) is 4.52 Å². The number of nitrogens with zero attached hydrogens (tertiary/aromatic N) is 3. The van der Waals surface area contributed by atoms with Crippen molar-refractivity contribution in [3.63, 3.8) is 0 Å². The van der Waals surface area contributed by atoms with Gasteiger partial charge in [-0.3, -0.25) is 4.98 Å². The van der Waals surface area contributed by atoms with Gasteiger partial charge < -0.3 is 9.63 Å². The van der Waals surface area contributed by atoms with E-state index in [1.165, 1.54) is 11.3 Å². The number of aromatic hydroxyl groups is 1. The smallest absolute Gasteiger partial charge is 0.272 e. The highest BCUT2D eigenvalue weighted by molar-refractivity contribution is 7.13. The normalized spacial score (nSPS) is 10.8. The summed E-state index contributed by atoms with van der Waals surface area (Å²) in [5, 5.41) is 15.4. The second kappa shape index (κ2) is 4.47. The average molecular weight is 273 g/mol. The molecular formula is C13H11N3O2S. The van der Waals surface area contributed by atoms with Crippen molar-refractivity contribution in [3.05, 3.63) is 35.0 Å². The van der Waals surface area contributed by atoms with Crippen molar-refractivity contribution in [2.75, 3.05) is 0 Å². The fourth-order valence-corrected chi connectivity index (χ4v) is 2.56. The summed E-state index contributed by atoms with van der Waals surface area (Å²) in [7, 11) is 0. The van der Waals surface area contributed by atoms with E-state index >= 15 is 0 Å². The molecule has 3 heterocycles. The third kappa shape index (κ3) is 2.22. The van der Waals surface area contributed by atoms with Crippen LogP contribution in [0.15, 0.2) is 28.1 Å². The highest BCUT2D eigenvalue weighted by Gasteiger charge is 2.15. The molecule has 0 aromatic carbocycles. The number of aromatic nitrogens is 3. The third-order valence-electron chi connectivity index (χ3n) is 2.60. The van der Waals surface area contributed by atoms with Gasteiger partial charge in [-0.1, -0.05) is 5.16 Å². The molecule has 0 saturated heterocycles. The molecule has 0 aliphatic heterocycles. The van der Waals surface area contributed by atoms with Gasteiger partial charge in [-0.25, -0.2) is 0 Å². The Hall–Kier alpha value is -2.21. The first-order valence-electron chi connectivity index (χ1n) is 5.69. The zero-order valence-electron chi connectivity index (χ0n) is 10.4. The van der Waals surface area contributed by atoms with Gasteiger partial charge in [-0.2, -0.15) is 4.98 Å². The Labute approximate surface area is 113 Å². The van der Waals surface area contributed by atoms with E-state index in [-0.39, 0.29) is 5.75 Å². The molecule has 3 aromatic rings. The Morgan fingerprint density at radius 2 is 1.89 bits per heavy atom. The predicted molar refractivity (Wildman–Crippen MR) is 72.0 cm³/mol. The van der Waals surface area contributed by atoms with E-state index in [9.17, 15) is 5.11 Å². The predicted octanol–water partition coefficient (Wildman–Crippen LogP) is 3.18. The summed E-state index contributed by atoms with van der Waals surface area (Å²) in [4.78, 5) is 9.20. The summed E-state index contributed by atoms with van der Waals surface area (Å²) in [6.07, 6.45) is 0. The van der Waals surface area contributed by atoms with Crippen molar-refractivity contribution in [2.24, 2.45) is 0 Å². The molecule has 96 valence electrons. The standard InChI is InChI=1S/C13H11N3O2S/c1-7-5-9(6-8(2)14-7)12-15-13(18-16-12)11-10(17)3-4-19-11/h3-6,17H,1-2H3. The first-order valence-corrected chi connectivity index (χ1v) is 6.57. The summed E-state index contributed by atoms with van der Waals surface area (Å²) in [5.74, 6) is 0.980. The lowest BCUT2D eigenvalue weighted by atomic mass is 10.2. The van der Waals surface area contributed by atoms with Crippen molar-refractivity contribution in [2.45, 2.75) is 13.8 Å².